The largest absolute Gasteiger partial charge is 0.356 e. The Kier molecular flexibility index (Phi) is 6.83. The molecule has 0 heterocycles. The summed E-state index contributed by atoms with van der Waals surface area (Å²) in [6.07, 6.45) is 2.42. The Hall–Kier alpha value is -1.00. The van der Waals surface area contributed by atoms with Gasteiger partial charge in [-0.25, -0.2) is 0 Å². The first kappa shape index (κ1) is 15.1. The maximum absolute atomic E-state index is 11.7. The van der Waals surface area contributed by atoms with Gasteiger partial charge < -0.3 is 11.1 Å². The van der Waals surface area contributed by atoms with E-state index in [0.29, 0.717) is 12.3 Å². The molecule has 4 heteroatoms. The fourth-order valence-corrected chi connectivity index (χ4v) is 2.41. The number of rotatable bonds is 7. The van der Waals surface area contributed by atoms with Gasteiger partial charge in [-0.3, -0.25) is 4.79 Å². The molecule has 2 atom stereocenters. The number of carbonyl (C=O) groups excluding carboxylic acids is 1. The first-order valence-electron chi connectivity index (χ1n) is 6.19. The molecule has 0 aromatic heterocycles. The summed E-state index contributed by atoms with van der Waals surface area (Å²) >= 11 is 1.80. The van der Waals surface area contributed by atoms with E-state index in [1.54, 1.807) is 11.8 Å². The van der Waals surface area contributed by atoms with Gasteiger partial charge in [-0.1, -0.05) is 37.3 Å². The third-order valence-corrected chi connectivity index (χ3v) is 3.63. The third kappa shape index (κ3) is 5.56. The zero-order valence-electron chi connectivity index (χ0n) is 11.1. The van der Waals surface area contributed by atoms with Gasteiger partial charge in [-0.2, -0.15) is 11.8 Å². The summed E-state index contributed by atoms with van der Waals surface area (Å²) < 4.78 is 0. The van der Waals surface area contributed by atoms with E-state index >= 15 is 0 Å². The lowest BCUT2D eigenvalue weighted by Gasteiger charge is -2.14. The highest BCUT2D eigenvalue weighted by atomic mass is 32.2. The van der Waals surface area contributed by atoms with Crippen LogP contribution < -0.4 is 11.1 Å². The second-order valence-electron chi connectivity index (χ2n) is 4.59. The van der Waals surface area contributed by atoms with Crippen molar-refractivity contribution in [2.24, 2.45) is 11.7 Å². The molecule has 1 amide bonds. The van der Waals surface area contributed by atoms with Gasteiger partial charge in [0.25, 0.3) is 0 Å². The van der Waals surface area contributed by atoms with Crippen molar-refractivity contribution in [2.45, 2.75) is 19.4 Å². The van der Waals surface area contributed by atoms with Crippen LogP contribution >= 0.6 is 11.8 Å². The van der Waals surface area contributed by atoms with Crippen molar-refractivity contribution in [1.82, 2.24) is 5.32 Å². The number of amides is 1. The molecule has 1 aromatic rings. The van der Waals surface area contributed by atoms with E-state index in [1.165, 1.54) is 0 Å². The van der Waals surface area contributed by atoms with Gasteiger partial charge in [-0.05, 0) is 23.5 Å². The number of carbonyl (C=O) groups is 1. The van der Waals surface area contributed by atoms with Gasteiger partial charge in [0, 0.05) is 19.0 Å². The second-order valence-corrected chi connectivity index (χ2v) is 5.50. The van der Waals surface area contributed by atoms with Crippen molar-refractivity contribution in [3.8, 4) is 0 Å². The summed E-state index contributed by atoms with van der Waals surface area (Å²) in [4.78, 5) is 11.7. The van der Waals surface area contributed by atoms with Crippen molar-refractivity contribution in [1.29, 1.82) is 0 Å². The van der Waals surface area contributed by atoms with E-state index in [4.69, 9.17) is 5.73 Å². The molecule has 0 saturated heterocycles. The normalized spacial score (nSPS) is 13.9. The minimum atomic E-state index is -0.220. The van der Waals surface area contributed by atoms with E-state index in [-0.39, 0.29) is 11.9 Å². The highest BCUT2D eigenvalue weighted by Crippen LogP contribution is 2.13. The predicted molar refractivity (Wildman–Crippen MR) is 78.5 cm³/mol. The lowest BCUT2D eigenvalue weighted by molar-refractivity contribution is -0.121. The van der Waals surface area contributed by atoms with Crippen molar-refractivity contribution in [3.63, 3.8) is 0 Å². The van der Waals surface area contributed by atoms with Crippen LogP contribution in [0.5, 0.6) is 0 Å². The van der Waals surface area contributed by atoms with Gasteiger partial charge in [0.05, 0.1) is 0 Å². The summed E-state index contributed by atoms with van der Waals surface area (Å²) in [5, 5.41) is 2.94. The zero-order valence-corrected chi connectivity index (χ0v) is 11.9. The standard InChI is InChI=1S/C14H22N2OS/c1-11(10-18-2)9-16-14(17)8-13(15)12-6-4-3-5-7-12/h3-7,11,13H,8-10,15H2,1-2H3,(H,16,17). The highest BCUT2D eigenvalue weighted by molar-refractivity contribution is 7.98. The van der Waals surface area contributed by atoms with Crippen LogP contribution in [0.25, 0.3) is 0 Å². The number of nitrogens with one attached hydrogen (secondary N) is 1. The van der Waals surface area contributed by atoms with E-state index in [9.17, 15) is 4.79 Å². The van der Waals surface area contributed by atoms with Crippen LogP contribution in [0.4, 0.5) is 0 Å². The molecule has 0 spiro atoms. The van der Waals surface area contributed by atoms with Crippen LogP contribution in [0, 0.1) is 5.92 Å². The molecule has 2 unspecified atom stereocenters. The van der Waals surface area contributed by atoms with Crippen LogP contribution in [-0.2, 0) is 4.79 Å². The molecule has 1 aromatic carbocycles. The average molecular weight is 266 g/mol. The first-order valence-corrected chi connectivity index (χ1v) is 7.59. The number of thioether (sulfide) groups is 1. The topological polar surface area (TPSA) is 55.1 Å². The maximum atomic E-state index is 11.7. The Morgan fingerprint density at radius 3 is 2.67 bits per heavy atom. The van der Waals surface area contributed by atoms with Crippen LogP contribution in [0.15, 0.2) is 30.3 Å². The average Bonchev–Trinajstić information content (AvgIpc) is 2.38. The smallest absolute Gasteiger partial charge is 0.221 e. The minimum absolute atomic E-state index is 0.0271. The van der Waals surface area contributed by atoms with Crippen molar-refractivity contribution < 1.29 is 4.79 Å². The molecule has 3 N–H and O–H groups in total. The molecule has 18 heavy (non-hydrogen) atoms. The van der Waals surface area contributed by atoms with Gasteiger partial charge in [0.2, 0.25) is 5.91 Å². The molecule has 3 nitrogen and oxygen atoms in total. The van der Waals surface area contributed by atoms with Gasteiger partial charge in [0.15, 0.2) is 0 Å². The summed E-state index contributed by atoms with van der Waals surface area (Å²) in [7, 11) is 0. The molecule has 100 valence electrons. The fraction of sp³-hybridized carbons (Fsp3) is 0.500. The molecular formula is C14H22N2OS. The van der Waals surface area contributed by atoms with Gasteiger partial charge in [-0.15, -0.1) is 0 Å². The molecule has 1 rings (SSSR count). The van der Waals surface area contributed by atoms with Crippen molar-refractivity contribution in [2.75, 3.05) is 18.6 Å². The number of nitrogens with two attached hydrogens (primary N) is 1. The van der Waals surface area contributed by atoms with E-state index in [0.717, 1.165) is 17.9 Å². The zero-order chi connectivity index (χ0) is 13.4. The van der Waals surface area contributed by atoms with E-state index in [2.05, 4.69) is 18.5 Å². The lowest BCUT2D eigenvalue weighted by Crippen LogP contribution is -2.31. The molecule has 0 bridgehead atoms. The maximum Gasteiger partial charge on any atom is 0.221 e. The summed E-state index contributed by atoms with van der Waals surface area (Å²) in [5.74, 6) is 1.58. The van der Waals surface area contributed by atoms with Crippen LogP contribution in [0.2, 0.25) is 0 Å². The SMILES string of the molecule is CSCC(C)CNC(=O)CC(N)c1ccccc1. The Balaban J connectivity index is 2.32. The van der Waals surface area contributed by atoms with E-state index < -0.39 is 0 Å². The number of hydrogen-bond acceptors (Lipinski definition) is 3. The number of hydrogen-bond donors (Lipinski definition) is 2. The summed E-state index contributed by atoms with van der Waals surface area (Å²) in [5.41, 5.74) is 7.00. The predicted octanol–water partition coefficient (Wildman–Crippen LogP) is 2.19. The second kappa shape index (κ2) is 8.16. The molecular weight excluding hydrogens is 244 g/mol. The molecule has 0 radical (unpaired) electrons. The van der Waals surface area contributed by atoms with E-state index in [1.807, 2.05) is 30.3 Å². The first-order chi connectivity index (χ1) is 8.63. The Morgan fingerprint density at radius 1 is 1.39 bits per heavy atom. The molecule has 0 aliphatic rings. The molecule has 0 aliphatic carbocycles. The Bertz CT molecular complexity index is 356. The number of benzene rings is 1. The summed E-state index contributed by atoms with van der Waals surface area (Å²) in [6.45, 7) is 2.86. The van der Waals surface area contributed by atoms with Crippen LogP contribution in [-0.4, -0.2) is 24.5 Å². The fourth-order valence-electron chi connectivity index (χ4n) is 1.72. The monoisotopic (exact) mass is 266 g/mol. The Labute approximate surface area is 114 Å². The van der Waals surface area contributed by atoms with Crippen LogP contribution in [0.3, 0.4) is 0 Å². The quantitative estimate of drug-likeness (QED) is 0.795. The van der Waals surface area contributed by atoms with Crippen molar-refractivity contribution in [3.05, 3.63) is 35.9 Å². The summed E-state index contributed by atoms with van der Waals surface area (Å²) in [6, 6.07) is 9.51. The molecule has 0 saturated carbocycles. The molecule has 0 fully saturated rings. The third-order valence-electron chi connectivity index (χ3n) is 2.73. The van der Waals surface area contributed by atoms with Gasteiger partial charge in [0.1, 0.15) is 0 Å². The Morgan fingerprint density at radius 2 is 2.06 bits per heavy atom. The minimum Gasteiger partial charge on any atom is -0.356 e. The lowest BCUT2D eigenvalue weighted by atomic mass is 10.0. The van der Waals surface area contributed by atoms with Crippen molar-refractivity contribution >= 4 is 17.7 Å². The molecule has 0 aliphatic heterocycles. The van der Waals surface area contributed by atoms with Crippen LogP contribution in [0.1, 0.15) is 24.9 Å². The van der Waals surface area contributed by atoms with Gasteiger partial charge >= 0.3 is 0 Å². The highest BCUT2D eigenvalue weighted by Gasteiger charge is 2.11.